The van der Waals surface area contributed by atoms with Crippen LogP contribution in [0.3, 0.4) is 0 Å². The van der Waals surface area contributed by atoms with Crippen molar-refractivity contribution in [3.05, 3.63) is 23.7 Å². The average molecular weight is 236 g/mol. The highest BCUT2D eigenvalue weighted by atomic mass is 16.3. The third kappa shape index (κ3) is 3.09. The van der Waals surface area contributed by atoms with Crippen LogP contribution in [0.25, 0.3) is 0 Å². The van der Waals surface area contributed by atoms with E-state index in [9.17, 15) is 9.59 Å². The Hall–Kier alpha value is -1.78. The first kappa shape index (κ1) is 11.7. The predicted octanol–water partition coefficient (Wildman–Crippen LogP) is 0.479. The van der Waals surface area contributed by atoms with E-state index >= 15 is 0 Å². The van der Waals surface area contributed by atoms with Crippen LogP contribution in [0.1, 0.15) is 17.9 Å². The van der Waals surface area contributed by atoms with Gasteiger partial charge in [0.1, 0.15) is 11.5 Å². The maximum Gasteiger partial charge on any atom is 0.239 e. The van der Waals surface area contributed by atoms with Crippen molar-refractivity contribution in [3.63, 3.8) is 0 Å². The van der Waals surface area contributed by atoms with Crippen molar-refractivity contribution in [2.45, 2.75) is 19.8 Å². The van der Waals surface area contributed by atoms with E-state index < -0.39 is 0 Å². The number of carbonyl (C=O) groups is 2. The highest BCUT2D eigenvalue weighted by molar-refractivity contribution is 5.85. The molecule has 0 unspecified atom stereocenters. The summed E-state index contributed by atoms with van der Waals surface area (Å²) in [5.74, 6) is 1.29. The second kappa shape index (κ2) is 5.03. The second-order valence-electron chi connectivity index (χ2n) is 4.21. The first-order valence-electron chi connectivity index (χ1n) is 5.75. The van der Waals surface area contributed by atoms with E-state index in [1.807, 2.05) is 13.0 Å². The van der Waals surface area contributed by atoms with Gasteiger partial charge in [0.25, 0.3) is 0 Å². The second-order valence-corrected chi connectivity index (χ2v) is 4.21. The maximum absolute atomic E-state index is 12.0. The first-order valence-corrected chi connectivity index (χ1v) is 5.75. The topological polar surface area (TPSA) is 62.6 Å². The van der Waals surface area contributed by atoms with E-state index in [4.69, 9.17) is 4.42 Å². The molecule has 1 fully saturated rings. The molecule has 1 N–H and O–H groups in total. The molecule has 0 bridgehead atoms. The zero-order valence-corrected chi connectivity index (χ0v) is 9.86. The smallest absolute Gasteiger partial charge is 0.239 e. The van der Waals surface area contributed by atoms with Gasteiger partial charge in [-0.05, 0) is 25.5 Å². The summed E-state index contributed by atoms with van der Waals surface area (Å²) in [7, 11) is 0. The minimum absolute atomic E-state index is 0.0589. The van der Waals surface area contributed by atoms with E-state index in [-0.39, 0.29) is 24.8 Å². The van der Waals surface area contributed by atoms with Gasteiger partial charge in [0.2, 0.25) is 11.8 Å². The van der Waals surface area contributed by atoms with E-state index in [2.05, 4.69) is 5.32 Å². The lowest BCUT2D eigenvalue weighted by Gasteiger charge is -2.18. The quantitative estimate of drug-likeness (QED) is 0.812. The van der Waals surface area contributed by atoms with Gasteiger partial charge >= 0.3 is 0 Å². The van der Waals surface area contributed by atoms with Crippen LogP contribution < -0.4 is 5.32 Å². The minimum atomic E-state index is -0.0912. The van der Waals surface area contributed by atoms with Gasteiger partial charge in [-0.15, -0.1) is 0 Å². The van der Waals surface area contributed by atoms with Crippen LogP contribution in [0.4, 0.5) is 0 Å². The van der Waals surface area contributed by atoms with Crippen LogP contribution in [0.2, 0.25) is 0 Å². The highest BCUT2D eigenvalue weighted by Gasteiger charge is 2.20. The first-order chi connectivity index (χ1) is 8.15. The number of hydrogen-bond donors (Lipinski definition) is 1. The normalized spacial score (nSPS) is 16.5. The van der Waals surface area contributed by atoms with Crippen LogP contribution in [-0.4, -0.2) is 36.3 Å². The lowest BCUT2D eigenvalue weighted by atomic mass is 10.2. The molecule has 5 heteroatoms. The maximum atomic E-state index is 12.0. The van der Waals surface area contributed by atoms with E-state index in [0.29, 0.717) is 18.8 Å². The Morgan fingerprint density at radius 3 is 3.06 bits per heavy atom. The highest BCUT2D eigenvalue weighted by Crippen LogP contribution is 2.09. The zero-order chi connectivity index (χ0) is 12.3. The van der Waals surface area contributed by atoms with Crippen LogP contribution in [0.5, 0.6) is 0 Å². The lowest BCUT2D eigenvalue weighted by molar-refractivity contribution is -0.134. The summed E-state index contributed by atoms with van der Waals surface area (Å²) in [5.41, 5.74) is 0. The Labute approximate surface area is 99.8 Å². The molecule has 92 valence electrons. The minimum Gasteiger partial charge on any atom is -0.466 e. The van der Waals surface area contributed by atoms with E-state index in [1.54, 1.807) is 11.0 Å². The van der Waals surface area contributed by atoms with E-state index in [1.165, 1.54) is 0 Å². The van der Waals surface area contributed by atoms with Crippen molar-refractivity contribution in [3.8, 4) is 0 Å². The molecule has 17 heavy (non-hydrogen) atoms. The Morgan fingerprint density at radius 1 is 1.53 bits per heavy atom. The monoisotopic (exact) mass is 236 g/mol. The number of nitrogens with one attached hydrogen (secondary N) is 1. The van der Waals surface area contributed by atoms with E-state index in [0.717, 1.165) is 12.2 Å². The fraction of sp³-hybridized carbons (Fsp3) is 0.500. The Bertz CT molecular complexity index is 425. The van der Waals surface area contributed by atoms with Crippen LogP contribution in [0, 0.1) is 6.92 Å². The summed E-state index contributed by atoms with van der Waals surface area (Å²) >= 11 is 0. The Kier molecular flexibility index (Phi) is 3.46. The third-order valence-electron chi connectivity index (χ3n) is 2.74. The van der Waals surface area contributed by atoms with Gasteiger partial charge in [-0.2, -0.15) is 0 Å². The molecule has 0 spiro atoms. The molecule has 0 aromatic carbocycles. The van der Waals surface area contributed by atoms with Gasteiger partial charge in [-0.1, -0.05) is 0 Å². The summed E-state index contributed by atoms with van der Waals surface area (Å²) in [6.45, 7) is 3.26. The number of amides is 2. The van der Waals surface area contributed by atoms with Gasteiger partial charge in [0.15, 0.2) is 0 Å². The van der Waals surface area contributed by atoms with Crippen molar-refractivity contribution in [1.29, 1.82) is 0 Å². The molecule has 1 saturated heterocycles. The molecule has 1 aliphatic heterocycles. The zero-order valence-electron chi connectivity index (χ0n) is 9.86. The van der Waals surface area contributed by atoms with Crippen LogP contribution in [0.15, 0.2) is 16.5 Å². The standard InChI is InChI=1S/C12H16N2O3/c1-9-3-4-10(17-9)7-12(16)14-6-2-5-13-11(15)8-14/h3-4H,2,5-8H2,1H3,(H,13,15). The molecule has 2 rings (SSSR count). The molecular weight excluding hydrogens is 220 g/mol. The van der Waals surface area contributed by atoms with Gasteiger partial charge in [-0.3, -0.25) is 9.59 Å². The molecule has 0 atom stereocenters. The molecule has 1 aliphatic rings. The van der Waals surface area contributed by atoms with Crippen molar-refractivity contribution >= 4 is 11.8 Å². The summed E-state index contributed by atoms with van der Waals surface area (Å²) in [6, 6.07) is 3.63. The van der Waals surface area contributed by atoms with Gasteiger partial charge in [0.05, 0.1) is 13.0 Å². The summed E-state index contributed by atoms with van der Waals surface area (Å²) in [5, 5.41) is 2.74. The fourth-order valence-corrected chi connectivity index (χ4v) is 1.86. The molecule has 1 aromatic rings. The molecule has 0 aliphatic carbocycles. The van der Waals surface area contributed by atoms with Crippen molar-refractivity contribution < 1.29 is 14.0 Å². The molecule has 0 radical (unpaired) electrons. The van der Waals surface area contributed by atoms with Gasteiger partial charge < -0.3 is 14.6 Å². The summed E-state index contributed by atoms with van der Waals surface area (Å²) in [4.78, 5) is 24.9. The van der Waals surface area contributed by atoms with Crippen molar-refractivity contribution in [2.75, 3.05) is 19.6 Å². The summed E-state index contributed by atoms with van der Waals surface area (Å²) < 4.78 is 5.36. The number of aryl methyl sites for hydroxylation is 1. The number of carbonyl (C=O) groups excluding carboxylic acids is 2. The fourth-order valence-electron chi connectivity index (χ4n) is 1.86. The third-order valence-corrected chi connectivity index (χ3v) is 2.74. The number of furan rings is 1. The van der Waals surface area contributed by atoms with Crippen molar-refractivity contribution in [2.24, 2.45) is 0 Å². The lowest BCUT2D eigenvalue weighted by Crippen LogP contribution is -2.38. The molecule has 0 saturated carbocycles. The number of hydrogen-bond acceptors (Lipinski definition) is 3. The molecule has 5 nitrogen and oxygen atoms in total. The van der Waals surface area contributed by atoms with Crippen molar-refractivity contribution in [1.82, 2.24) is 10.2 Å². The predicted molar refractivity (Wildman–Crippen MR) is 61.4 cm³/mol. The number of rotatable bonds is 2. The van der Waals surface area contributed by atoms with Gasteiger partial charge in [-0.25, -0.2) is 0 Å². The van der Waals surface area contributed by atoms with Gasteiger partial charge in [0, 0.05) is 13.1 Å². The Balaban J connectivity index is 1.96. The average Bonchev–Trinajstić information content (AvgIpc) is 2.56. The van der Waals surface area contributed by atoms with Crippen LogP contribution >= 0.6 is 0 Å². The number of nitrogens with zero attached hydrogens (tertiary/aromatic N) is 1. The SMILES string of the molecule is Cc1ccc(CC(=O)N2CCCNC(=O)C2)o1. The van der Waals surface area contributed by atoms with Crippen LogP contribution in [-0.2, 0) is 16.0 Å². The largest absolute Gasteiger partial charge is 0.466 e. The molecular formula is C12H16N2O3. The molecule has 2 amide bonds. The summed E-state index contributed by atoms with van der Waals surface area (Å²) in [6.07, 6.45) is 1.02. The molecule has 1 aromatic heterocycles. The molecule has 2 heterocycles. The Morgan fingerprint density at radius 2 is 2.35 bits per heavy atom.